The lowest BCUT2D eigenvalue weighted by Crippen LogP contribution is -2.37. The van der Waals surface area contributed by atoms with E-state index in [0.29, 0.717) is 30.0 Å². The van der Waals surface area contributed by atoms with Crippen LogP contribution >= 0.6 is 0 Å². The number of benzene rings is 3. The van der Waals surface area contributed by atoms with E-state index >= 15 is 0 Å². The van der Waals surface area contributed by atoms with Crippen LogP contribution in [0.2, 0.25) is 0 Å². The van der Waals surface area contributed by atoms with Gasteiger partial charge in [0.1, 0.15) is 5.70 Å². The molecule has 0 saturated heterocycles. The van der Waals surface area contributed by atoms with Crippen molar-refractivity contribution >= 4 is 23.1 Å². The number of aryl methyl sites for hydroxylation is 3. The topological polar surface area (TPSA) is 40.6 Å². The Bertz CT molecular complexity index is 1270. The van der Waals surface area contributed by atoms with Gasteiger partial charge < -0.3 is 4.90 Å². The number of nitrogens with zero attached hydrogens (tertiary/aromatic N) is 2. The molecule has 2 heterocycles. The number of carbonyl (C=O) groups excluding carboxylic acids is 2. The largest absolute Gasteiger partial charge is 0.362 e. The quantitative estimate of drug-likeness (QED) is 0.561. The van der Waals surface area contributed by atoms with Crippen LogP contribution in [0.25, 0.3) is 5.57 Å². The molecule has 2 aliphatic rings. The van der Waals surface area contributed by atoms with Gasteiger partial charge in [-0.05, 0) is 67.1 Å². The van der Waals surface area contributed by atoms with Gasteiger partial charge in [-0.3, -0.25) is 9.59 Å². The molecule has 4 nitrogen and oxygen atoms in total. The Morgan fingerprint density at radius 2 is 1.47 bits per heavy atom. The first-order valence-electron chi connectivity index (χ1n) is 11.0. The van der Waals surface area contributed by atoms with E-state index in [0.717, 1.165) is 28.7 Å². The summed E-state index contributed by atoms with van der Waals surface area (Å²) in [5, 5.41) is 0. The number of imide groups is 1. The van der Waals surface area contributed by atoms with Crippen molar-refractivity contribution in [3.63, 3.8) is 0 Å². The van der Waals surface area contributed by atoms with E-state index in [2.05, 4.69) is 23.1 Å². The molecule has 4 heteroatoms. The third-order valence-electron chi connectivity index (χ3n) is 6.60. The van der Waals surface area contributed by atoms with Crippen LogP contribution < -0.4 is 4.90 Å². The molecule has 0 bridgehead atoms. The Hall–Kier alpha value is -3.66. The van der Waals surface area contributed by atoms with Crippen LogP contribution in [0.4, 0.5) is 5.69 Å². The van der Waals surface area contributed by atoms with Crippen molar-refractivity contribution in [2.45, 2.75) is 33.7 Å². The highest BCUT2D eigenvalue weighted by Gasteiger charge is 2.43. The molecule has 0 unspecified atom stereocenters. The average Bonchev–Trinajstić information content (AvgIpc) is 3.06. The van der Waals surface area contributed by atoms with Gasteiger partial charge in [0.2, 0.25) is 0 Å². The van der Waals surface area contributed by atoms with Gasteiger partial charge in [0, 0.05) is 13.1 Å². The first-order valence-corrected chi connectivity index (χ1v) is 11.0. The Kier molecular flexibility index (Phi) is 4.93. The van der Waals surface area contributed by atoms with E-state index in [-0.39, 0.29) is 11.8 Å². The predicted molar refractivity (Wildman–Crippen MR) is 127 cm³/mol. The minimum Gasteiger partial charge on any atom is -0.362 e. The molecule has 160 valence electrons. The van der Waals surface area contributed by atoms with E-state index < -0.39 is 0 Å². The molecule has 3 aromatic rings. The summed E-state index contributed by atoms with van der Waals surface area (Å²) < 4.78 is 0. The van der Waals surface area contributed by atoms with Gasteiger partial charge in [-0.15, -0.1) is 0 Å². The van der Waals surface area contributed by atoms with Crippen LogP contribution in [0.5, 0.6) is 0 Å². The van der Waals surface area contributed by atoms with E-state index in [4.69, 9.17) is 0 Å². The highest BCUT2D eigenvalue weighted by atomic mass is 16.2. The van der Waals surface area contributed by atoms with E-state index in [1.807, 2.05) is 69.3 Å². The van der Waals surface area contributed by atoms with Crippen molar-refractivity contribution in [2.75, 3.05) is 11.4 Å². The summed E-state index contributed by atoms with van der Waals surface area (Å²) in [6.07, 6.45) is 0.853. The maximum Gasteiger partial charge on any atom is 0.282 e. The van der Waals surface area contributed by atoms with Crippen molar-refractivity contribution in [1.29, 1.82) is 0 Å². The fraction of sp³-hybridized carbons (Fsp3) is 0.214. The fourth-order valence-corrected chi connectivity index (χ4v) is 4.58. The minimum atomic E-state index is -0.254. The Labute approximate surface area is 188 Å². The lowest BCUT2D eigenvalue weighted by molar-refractivity contribution is -0.120. The van der Waals surface area contributed by atoms with Gasteiger partial charge in [-0.1, -0.05) is 60.2 Å². The summed E-state index contributed by atoms with van der Waals surface area (Å²) >= 11 is 0. The molecule has 2 amide bonds. The molecular weight excluding hydrogens is 396 g/mol. The summed E-state index contributed by atoms with van der Waals surface area (Å²) in [7, 11) is 0. The molecule has 0 N–H and O–H groups in total. The number of anilines is 1. The van der Waals surface area contributed by atoms with Crippen LogP contribution in [-0.4, -0.2) is 23.3 Å². The maximum absolute atomic E-state index is 13.8. The van der Waals surface area contributed by atoms with Crippen LogP contribution in [0.3, 0.4) is 0 Å². The fourth-order valence-electron chi connectivity index (χ4n) is 4.58. The second-order valence-corrected chi connectivity index (χ2v) is 8.74. The van der Waals surface area contributed by atoms with Crippen molar-refractivity contribution in [2.24, 2.45) is 0 Å². The van der Waals surface area contributed by atoms with Crippen LogP contribution in [0.1, 0.15) is 33.4 Å². The number of rotatable bonds is 3. The zero-order chi connectivity index (χ0) is 22.4. The number of carbonyl (C=O) groups is 2. The normalized spacial score (nSPS) is 16.1. The van der Waals surface area contributed by atoms with Gasteiger partial charge in [0.05, 0.1) is 11.3 Å². The molecule has 0 spiro atoms. The Morgan fingerprint density at radius 3 is 2.19 bits per heavy atom. The number of amides is 2. The van der Waals surface area contributed by atoms with Gasteiger partial charge in [0.25, 0.3) is 11.8 Å². The molecule has 2 aliphatic heterocycles. The maximum atomic E-state index is 13.8. The molecule has 3 aromatic carbocycles. The summed E-state index contributed by atoms with van der Waals surface area (Å²) in [6.45, 7) is 7.38. The predicted octanol–water partition coefficient (Wildman–Crippen LogP) is 4.95. The van der Waals surface area contributed by atoms with Crippen LogP contribution in [0.15, 0.2) is 72.4 Å². The monoisotopic (exact) mass is 422 g/mol. The second-order valence-electron chi connectivity index (χ2n) is 8.74. The standard InChI is InChI=1S/C28H26N2O2/c1-18-8-11-22(12-9-18)25-26(29-15-14-21-6-4-5-7-23(21)17-29)28(32)30(27(25)31)24-13-10-19(2)20(3)16-24/h4-13,16H,14-15,17H2,1-3H3. The SMILES string of the molecule is Cc1ccc(C2=C(N3CCc4ccccc4C3)C(=O)N(c3ccc(C)c(C)c3)C2=O)cc1. The summed E-state index contributed by atoms with van der Waals surface area (Å²) in [5.41, 5.74) is 8.23. The van der Waals surface area contributed by atoms with Crippen molar-refractivity contribution < 1.29 is 9.59 Å². The molecule has 0 saturated carbocycles. The first-order chi connectivity index (χ1) is 15.4. The van der Waals surface area contributed by atoms with Gasteiger partial charge >= 0.3 is 0 Å². The molecule has 5 rings (SSSR count). The lowest BCUT2D eigenvalue weighted by Gasteiger charge is -2.31. The van der Waals surface area contributed by atoms with E-state index in [1.54, 1.807) is 0 Å². The second kappa shape index (κ2) is 7.79. The number of hydrogen-bond acceptors (Lipinski definition) is 3. The van der Waals surface area contributed by atoms with Crippen molar-refractivity contribution in [3.05, 3.63) is 106 Å². The van der Waals surface area contributed by atoms with Crippen molar-refractivity contribution in [3.8, 4) is 0 Å². The Morgan fingerprint density at radius 1 is 0.750 bits per heavy atom. The van der Waals surface area contributed by atoms with Gasteiger partial charge in [0.15, 0.2) is 0 Å². The summed E-state index contributed by atoms with van der Waals surface area (Å²) in [5.74, 6) is -0.496. The smallest absolute Gasteiger partial charge is 0.282 e. The minimum absolute atomic E-state index is 0.242. The van der Waals surface area contributed by atoms with Crippen molar-refractivity contribution in [1.82, 2.24) is 4.90 Å². The van der Waals surface area contributed by atoms with Gasteiger partial charge in [-0.25, -0.2) is 4.90 Å². The average molecular weight is 423 g/mol. The number of fused-ring (bicyclic) bond motifs is 1. The summed E-state index contributed by atoms with van der Waals surface area (Å²) in [6, 6.07) is 21.9. The van der Waals surface area contributed by atoms with Gasteiger partial charge in [-0.2, -0.15) is 0 Å². The first kappa shape index (κ1) is 20.3. The van der Waals surface area contributed by atoms with E-state index in [1.165, 1.54) is 16.0 Å². The third-order valence-corrected chi connectivity index (χ3v) is 6.60. The molecule has 0 radical (unpaired) electrons. The Balaban J connectivity index is 1.62. The zero-order valence-electron chi connectivity index (χ0n) is 18.7. The molecular formula is C28H26N2O2. The highest BCUT2D eigenvalue weighted by Crippen LogP contribution is 2.37. The van der Waals surface area contributed by atoms with E-state index in [9.17, 15) is 9.59 Å². The zero-order valence-corrected chi connectivity index (χ0v) is 18.7. The third kappa shape index (κ3) is 3.32. The lowest BCUT2D eigenvalue weighted by atomic mass is 9.97. The summed E-state index contributed by atoms with van der Waals surface area (Å²) in [4.78, 5) is 30.9. The molecule has 32 heavy (non-hydrogen) atoms. The van der Waals surface area contributed by atoms with Crippen LogP contribution in [-0.2, 0) is 22.6 Å². The highest BCUT2D eigenvalue weighted by molar-refractivity contribution is 6.45. The number of hydrogen-bond donors (Lipinski definition) is 0. The molecule has 0 aromatic heterocycles. The van der Waals surface area contributed by atoms with Crippen LogP contribution in [0, 0.1) is 20.8 Å². The molecule has 0 atom stereocenters. The molecule has 0 aliphatic carbocycles. The molecule has 0 fully saturated rings.